The molecule has 28 heavy (non-hydrogen) atoms. The smallest absolute Gasteiger partial charge is 0.269 e. The molecule has 0 aliphatic heterocycles. The number of hydrogen-bond donors (Lipinski definition) is 1. The Hall–Kier alpha value is -4.07. The van der Waals surface area contributed by atoms with Gasteiger partial charge in [-0.3, -0.25) is 14.9 Å². The van der Waals surface area contributed by atoms with Gasteiger partial charge in [0.1, 0.15) is 0 Å². The molecule has 2 aromatic heterocycles. The number of pyridine rings is 1. The number of amides is 1. The van der Waals surface area contributed by atoms with Crippen LogP contribution in [0.4, 0.5) is 11.4 Å². The molecule has 2 heterocycles. The highest BCUT2D eigenvalue weighted by molar-refractivity contribution is 6.04. The minimum Gasteiger partial charge on any atom is -0.434 e. The number of hydrogen-bond acceptors (Lipinski definition) is 6. The van der Waals surface area contributed by atoms with Gasteiger partial charge < -0.3 is 9.73 Å². The van der Waals surface area contributed by atoms with Crippen molar-refractivity contribution >= 4 is 28.5 Å². The van der Waals surface area contributed by atoms with E-state index in [0.29, 0.717) is 28.4 Å². The van der Waals surface area contributed by atoms with Gasteiger partial charge in [0.15, 0.2) is 11.2 Å². The summed E-state index contributed by atoms with van der Waals surface area (Å²) < 4.78 is 5.71. The van der Waals surface area contributed by atoms with Gasteiger partial charge in [-0.15, -0.1) is 0 Å². The number of carbonyl (C=O) groups is 1. The van der Waals surface area contributed by atoms with Crippen LogP contribution >= 0.6 is 0 Å². The number of fused-ring (bicyclic) bond motifs is 1. The van der Waals surface area contributed by atoms with Gasteiger partial charge in [-0.1, -0.05) is 0 Å². The number of oxazole rings is 1. The number of aryl methyl sites for hydroxylation is 1. The second kappa shape index (κ2) is 6.92. The maximum atomic E-state index is 12.4. The van der Waals surface area contributed by atoms with Crippen LogP contribution in [-0.4, -0.2) is 20.8 Å². The second-order valence-corrected chi connectivity index (χ2v) is 6.13. The van der Waals surface area contributed by atoms with Crippen LogP contribution in [0.25, 0.3) is 22.7 Å². The number of benzene rings is 2. The number of non-ortho nitro benzene ring substituents is 1. The molecule has 0 bridgehead atoms. The standard InChI is InChI=1S/C20H14N4O4/c1-12-11-14(20-23-18-17(28-20)3-2-10-21-18)6-9-16(12)22-19(25)13-4-7-15(8-5-13)24(26)27/h2-11H,1H3,(H,22,25). The summed E-state index contributed by atoms with van der Waals surface area (Å²) in [5.41, 5.74) is 3.62. The van der Waals surface area contributed by atoms with Gasteiger partial charge in [-0.2, -0.15) is 4.98 Å². The highest BCUT2D eigenvalue weighted by Gasteiger charge is 2.13. The van der Waals surface area contributed by atoms with Gasteiger partial charge >= 0.3 is 0 Å². The summed E-state index contributed by atoms with van der Waals surface area (Å²) in [6, 6.07) is 14.4. The Morgan fingerprint density at radius 2 is 1.93 bits per heavy atom. The Balaban J connectivity index is 1.55. The molecule has 8 nitrogen and oxygen atoms in total. The molecule has 138 valence electrons. The van der Waals surface area contributed by atoms with Crippen molar-refractivity contribution < 1.29 is 14.1 Å². The Morgan fingerprint density at radius 1 is 1.14 bits per heavy atom. The molecule has 0 spiro atoms. The molecule has 0 fully saturated rings. The van der Waals surface area contributed by atoms with Crippen molar-refractivity contribution in [2.75, 3.05) is 5.32 Å². The fraction of sp³-hybridized carbons (Fsp3) is 0.0500. The zero-order chi connectivity index (χ0) is 19.7. The van der Waals surface area contributed by atoms with Gasteiger partial charge in [0, 0.05) is 35.1 Å². The number of nitrogens with zero attached hydrogens (tertiary/aromatic N) is 3. The summed E-state index contributed by atoms with van der Waals surface area (Å²) in [6.07, 6.45) is 1.65. The Bertz CT molecular complexity index is 1170. The molecule has 8 heteroatoms. The first-order valence-electron chi connectivity index (χ1n) is 8.39. The SMILES string of the molecule is Cc1cc(-c2nc3ncccc3o2)ccc1NC(=O)c1ccc([N+](=O)[O-])cc1. The van der Waals surface area contributed by atoms with Crippen molar-refractivity contribution in [3.63, 3.8) is 0 Å². The fourth-order valence-corrected chi connectivity index (χ4v) is 2.76. The van der Waals surface area contributed by atoms with E-state index in [2.05, 4.69) is 15.3 Å². The van der Waals surface area contributed by atoms with Crippen LogP contribution in [0.15, 0.2) is 65.2 Å². The third kappa shape index (κ3) is 3.30. The highest BCUT2D eigenvalue weighted by atomic mass is 16.6. The van der Waals surface area contributed by atoms with E-state index >= 15 is 0 Å². The highest BCUT2D eigenvalue weighted by Crippen LogP contribution is 2.27. The van der Waals surface area contributed by atoms with Crippen LogP contribution in [0.2, 0.25) is 0 Å². The van der Waals surface area contributed by atoms with Crippen molar-refractivity contribution in [1.82, 2.24) is 9.97 Å². The predicted octanol–water partition coefficient (Wildman–Crippen LogP) is 4.36. The second-order valence-electron chi connectivity index (χ2n) is 6.13. The van der Waals surface area contributed by atoms with Crippen molar-refractivity contribution in [2.24, 2.45) is 0 Å². The topological polar surface area (TPSA) is 111 Å². The summed E-state index contributed by atoms with van der Waals surface area (Å²) >= 11 is 0. The molecule has 0 aliphatic carbocycles. The van der Waals surface area contributed by atoms with E-state index in [1.54, 1.807) is 30.5 Å². The van der Waals surface area contributed by atoms with Crippen LogP contribution in [0.5, 0.6) is 0 Å². The minimum absolute atomic E-state index is 0.0649. The lowest BCUT2D eigenvalue weighted by Crippen LogP contribution is -2.12. The maximum Gasteiger partial charge on any atom is 0.269 e. The van der Waals surface area contributed by atoms with Gasteiger partial charge in [-0.05, 0) is 55.0 Å². The molecule has 0 unspecified atom stereocenters. The number of nitro benzene ring substituents is 1. The van der Waals surface area contributed by atoms with Crippen LogP contribution in [-0.2, 0) is 0 Å². The van der Waals surface area contributed by atoms with Crippen LogP contribution in [0, 0.1) is 17.0 Å². The molecule has 0 aliphatic rings. The first kappa shape index (κ1) is 17.3. The molecular weight excluding hydrogens is 360 g/mol. The number of nitrogens with one attached hydrogen (secondary N) is 1. The lowest BCUT2D eigenvalue weighted by Gasteiger charge is -2.09. The number of nitro groups is 1. The van der Waals surface area contributed by atoms with Gasteiger partial charge in [-0.25, -0.2) is 4.98 Å². The Morgan fingerprint density at radius 3 is 2.61 bits per heavy atom. The van der Waals surface area contributed by atoms with E-state index in [-0.39, 0.29) is 11.6 Å². The predicted molar refractivity (Wildman–Crippen MR) is 103 cm³/mol. The molecular formula is C20H14N4O4. The normalized spacial score (nSPS) is 10.8. The Kier molecular flexibility index (Phi) is 4.29. The van der Waals surface area contributed by atoms with Crippen molar-refractivity contribution in [3.8, 4) is 11.5 Å². The van der Waals surface area contributed by atoms with E-state index in [1.165, 1.54) is 24.3 Å². The lowest BCUT2D eigenvalue weighted by atomic mass is 10.1. The first-order valence-corrected chi connectivity index (χ1v) is 8.39. The quantitative estimate of drug-likeness (QED) is 0.420. The molecule has 0 atom stereocenters. The molecule has 2 aromatic carbocycles. The largest absolute Gasteiger partial charge is 0.434 e. The summed E-state index contributed by atoms with van der Waals surface area (Å²) in [4.78, 5) is 31.1. The molecule has 1 N–H and O–H groups in total. The van der Waals surface area contributed by atoms with Crippen LogP contribution in [0.3, 0.4) is 0 Å². The van der Waals surface area contributed by atoms with Crippen LogP contribution in [0.1, 0.15) is 15.9 Å². The minimum atomic E-state index is -0.508. The zero-order valence-electron chi connectivity index (χ0n) is 14.7. The van der Waals surface area contributed by atoms with Crippen molar-refractivity contribution in [1.29, 1.82) is 0 Å². The van der Waals surface area contributed by atoms with Crippen LogP contribution < -0.4 is 5.32 Å². The van der Waals surface area contributed by atoms with E-state index in [0.717, 1.165) is 11.1 Å². The summed E-state index contributed by atoms with van der Waals surface area (Å²) in [6.45, 7) is 1.86. The average Bonchev–Trinajstić information content (AvgIpc) is 3.13. The van der Waals surface area contributed by atoms with Gasteiger partial charge in [0.25, 0.3) is 11.6 Å². The van der Waals surface area contributed by atoms with Gasteiger partial charge in [0.05, 0.1) is 4.92 Å². The summed E-state index contributed by atoms with van der Waals surface area (Å²) in [7, 11) is 0. The molecule has 1 amide bonds. The van der Waals surface area contributed by atoms with E-state index in [4.69, 9.17) is 4.42 Å². The lowest BCUT2D eigenvalue weighted by molar-refractivity contribution is -0.384. The van der Waals surface area contributed by atoms with Crippen molar-refractivity contribution in [2.45, 2.75) is 6.92 Å². The number of carbonyl (C=O) groups excluding carboxylic acids is 1. The van der Waals surface area contributed by atoms with E-state index < -0.39 is 4.92 Å². The maximum absolute atomic E-state index is 12.4. The summed E-state index contributed by atoms with van der Waals surface area (Å²) in [5.74, 6) is 0.0989. The third-order valence-corrected chi connectivity index (χ3v) is 4.23. The van der Waals surface area contributed by atoms with E-state index in [9.17, 15) is 14.9 Å². The third-order valence-electron chi connectivity index (χ3n) is 4.23. The Labute approximate surface area is 159 Å². The first-order chi connectivity index (χ1) is 13.5. The summed E-state index contributed by atoms with van der Waals surface area (Å²) in [5, 5.41) is 13.5. The molecule has 4 rings (SSSR count). The molecule has 0 radical (unpaired) electrons. The molecule has 0 saturated carbocycles. The monoisotopic (exact) mass is 374 g/mol. The molecule has 4 aromatic rings. The zero-order valence-corrected chi connectivity index (χ0v) is 14.7. The van der Waals surface area contributed by atoms with Gasteiger partial charge in [0.2, 0.25) is 5.89 Å². The number of aromatic nitrogens is 2. The fourth-order valence-electron chi connectivity index (χ4n) is 2.76. The van der Waals surface area contributed by atoms with Crippen molar-refractivity contribution in [3.05, 3.63) is 82.0 Å². The molecule has 0 saturated heterocycles. The number of anilines is 1. The number of rotatable bonds is 4. The average molecular weight is 374 g/mol. The van der Waals surface area contributed by atoms with E-state index in [1.807, 2.05) is 13.0 Å².